The van der Waals surface area contributed by atoms with Gasteiger partial charge < -0.3 is 10.4 Å². The number of hydrogen-bond donors (Lipinski definition) is 2. The van der Waals surface area contributed by atoms with E-state index in [2.05, 4.69) is 5.32 Å². The van der Waals surface area contributed by atoms with Crippen LogP contribution < -0.4 is 5.32 Å². The van der Waals surface area contributed by atoms with Crippen molar-refractivity contribution in [3.63, 3.8) is 0 Å². The van der Waals surface area contributed by atoms with Gasteiger partial charge in [-0.1, -0.05) is 12.8 Å². The number of carbonyl (C=O) groups excluding carboxylic acids is 1. The van der Waals surface area contributed by atoms with Crippen molar-refractivity contribution < 1.29 is 23.1 Å². The molecule has 2 rings (SSSR count). The van der Waals surface area contributed by atoms with Crippen molar-refractivity contribution in [1.29, 1.82) is 0 Å². The van der Waals surface area contributed by atoms with Crippen molar-refractivity contribution >= 4 is 27.4 Å². The summed E-state index contributed by atoms with van der Waals surface area (Å²) in [4.78, 5) is 23.0. The zero-order valence-electron chi connectivity index (χ0n) is 12.3. The fourth-order valence-corrected chi connectivity index (χ4v) is 3.38. The van der Waals surface area contributed by atoms with Crippen LogP contribution in [-0.4, -0.2) is 31.7 Å². The van der Waals surface area contributed by atoms with E-state index >= 15 is 0 Å². The van der Waals surface area contributed by atoms with Gasteiger partial charge in [0.2, 0.25) is 5.91 Å². The molecule has 0 spiro atoms. The molecule has 120 valence electrons. The highest BCUT2D eigenvalue weighted by Gasteiger charge is 2.19. The molecule has 0 aromatic heterocycles. The Morgan fingerprint density at radius 1 is 1.23 bits per heavy atom. The smallest absolute Gasteiger partial charge is 0.335 e. The molecule has 7 heteroatoms. The summed E-state index contributed by atoms with van der Waals surface area (Å²) in [6, 6.07) is 3.64. The second-order valence-electron chi connectivity index (χ2n) is 5.73. The predicted octanol–water partition coefficient (Wildman–Crippen LogP) is 2.31. The average Bonchev–Trinajstić information content (AvgIpc) is 2.89. The largest absolute Gasteiger partial charge is 0.478 e. The number of rotatable bonds is 5. The van der Waals surface area contributed by atoms with Gasteiger partial charge in [0.15, 0.2) is 9.84 Å². The van der Waals surface area contributed by atoms with Gasteiger partial charge in [-0.2, -0.15) is 0 Å². The number of anilines is 1. The minimum Gasteiger partial charge on any atom is -0.478 e. The molecule has 1 saturated carbocycles. The quantitative estimate of drug-likeness (QED) is 0.865. The van der Waals surface area contributed by atoms with Crippen molar-refractivity contribution in [2.24, 2.45) is 5.92 Å². The lowest BCUT2D eigenvalue weighted by molar-refractivity contribution is -0.117. The molecule has 1 aromatic rings. The molecule has 0 atom stereocenters. The van der Waals surface area contributed by atoms with Gasteiger partial charge in [0.05, 0.1) is 10.5 Å². The standard InChI is InChI=1S/C15H19NO5S/c1-22(20,21)13-8-11(15(18)19)7-12(9-13)16-14(17)6-10-4-2-3-5-10/h7-10H,2-6H2,1H3,(H,16,17)(H,18,19). The first-order valence-electron chi connectivity index (χ1n) is 7.14. The van der Waals surface area contributed by atoms with Gasteiger partial charge >= 0.3 is 5.97 Å². The first-order valence-corrected chi connectivity index (χ1v) is 9.03. The van der Waals surface area contributed by atoms with Crippen LogP contribution in [0.4, 0.5) is 5.69 Å². The minimum absolute atomic E-state index is 0.122. The van der Waals surface area contributed by atoms with E-state index in [1.165, 1.54) is 12.1 Å². The molecule has 1 aliphatic carbocycles. The second kappa shape index (κ2) is 6.48. The van der Waals surface area contributed by atoms with Crippen molar-refractivity contribution in [3.05, 3.63) is 23.8 Å². The predicted molar refractivity (Wildman–Crippen MR) is 81.7 cm³/mol. The normalized spacial score (nSPS) is 15.7. The Balaban J connectivity index is 2.20. The fourth-order valence-electron chi connectivity index (χ4n) is 2.70. The van der Waals surface area contributed by atoms with Gasteiger partial charge in [-0.3, -0.25) is 4.79 Å². The van der Waals surface area contributed by atoms with Gasteiger partial charge in [-0.15, -0.1) is 0 Å². The average molecular weight is 325 g/mol. The van der Waals surface area contributed by atoms with Crippen molar-refractivity contribution in [1.82, 2.24) is 0 Å². The van der Waals surface area contributed by atoms with E-state index in [0.29, 0.717) is 12.3 Å². The Morgan fingerprint density at radius 2 is 1.86 bits per heavy atom. The zero-order valence-corrected chi connectivity index (χ0v) is 13.1. The Kier molecular flexibility index (Phi) is 4.85. The van der Waals surface area contributed by atoms with Crippen molar-refractivity contribution in [3.8, 4) is 0 Å². The van der Waals surface area contributed by atoms with Gasteiger partial charge in [-0.05, 0) is 37.0 Å². The molecule has 0 unspecified atom stereocenters. The Hall–Kier alpha value is -1.89. The number of carboxylic acid groups (broad SMARTS) is 1. The Labute approximate surface area is 129 Å². The maximum absolute atomic E-state index is 12.0. The molecular weight excluding hydrogens is 306 g/mol. The molecule has 0 bridgehead atoms. The molecule has 0 heterocycles. The third-order valence-corrected chi connectivity index (χ3v) is 4.91. The molecule has 2 N–H and O–H groups in total. The molecule has 0 aliphatic heterocycles. The SMILES string of the molecule is CS(=O)(=O)c1cc(NC(=O)CC2CCCC2)cc(C(=O)O)c1. The van der Waals surface area contributed by atoms with Gasteiger partial charge in [0.25, 0.3) is 0 Å². The van der Waals surface area contributed by atoms with Crippen LogP contribution in [0.2, 0.25) is 0 Å². The van der Waals surface area contributed by atoms with E-state index in [-0.39, 0.29) is 22.1 Å². The van der Waals surface area contributed by atoms with E-state index in [1.54, 1.807) is 0 Å². The first-order chi connectivity index (χ1) is 10.3. The zero-order chi connectivity index (χ0) is 16.3. The topological polar surface area (TPSA) is 101 Å². The highest BCUT2D eigenvalue weighted by Crippen LogP contribution is 2.28. The summed E-state index contributed by atoms with van der Waals surface area (Å²) in [5, 5.41) is 11.7. The van der Waals surface area contributed by atoms with Gasteiger partial charge in [0.1, 0.15) is 0 Å². The van der Waals surface area contributed by atoms with E-state index in [0.717, 1.165) is 38.0 Å². The number of benzene rings is 1. The van der Waals surface area contributed by atoms with Crippen LogP contribution in [0.25, 0.3) is 0 Å². The highest BCUT2D eigenvalue weighted by atomic mass is 32.2. The van der Waals surface area contributed by atoms with E-state index < -0.39 is 15.8 Å². The Morgan fingerprint density at radius 3 is 2.41 bits per heavy atom. The summed E-state index contributed by atoms with van der Waals surface area (Å²) in [6.45, 7) is 0. The maximum atomic E-state index is 12.0. The minimum atomic E-state index is -3.55. The fraction of sp³-hybridized carbons (Fsp3) is 0.467. The summed E-state index contributed by atoms with van der Waals surface area (Å²) in [5.74, 6) is -1.09. The molecule has 1 aromatic carbocycles. The molecule has 22 heavy (non-hydrogen) atoms. The number of hydrogen-bond acceptors (Lipinski definition) is 4. The van der Waals surface area contributed by atoms with Crippen LogP contribution in [0.1, 0.15) is 42.5 Å². The number of sulfone groups is 1. The highest BCUT2D eigenvalue weighted by molar-refractivity contribution is 7.90. The van der Waals surface area contributed by atoms with Crippen LogP contribution in [0, 0.1) is 5.92 Å². The summed E-state index contributed by atoms with van der Waals surface area (Å²) in [7, 11) is -3.55. The third-order valence-electron chi connectivity index (χ3n) is 3.81. The van der Waals surface area contributed by atoms with E-state index in [4.69, 9.17) is 5.11 Å². The lowest BCUT2D eigenvalue weighted by atomic mass is 10.0. The molecule has 0 radical (unpaired) electrons. The first kappa shape index (κ1) is 16.5. The lowest BCUT2D eigenvalue weighted by Crippen LogP contribution is -2.16. The van der Waals surface area contributed by atoms with Crippen LogP contribution >= 0.6 is 0 Å². The summed E-state index contributed by atoms with van der Waals surface area (Å²) >= 11 is 0. The molecule has 1 fully saturated rings. The molecule has 0 saturated heterocycles. The van der Waals surface area contributed by atoms with E-state index in [9.17, 15) is 18.0 Å². The molecule has 6 nitrogen and oxygen atoms in total. The summed E-state index contributed by atoms with van der Waals surface area (Å²) in [6.07, 6.45) is 5.69. The number of carboxylic acids is 1. The molecule has 1 aliphatic rings. The number of nitrogens with one attached hydrogen (secondary N) is 1. The van der Waals surface area contributed by atoms with Crippen LogP contribution in [0.15, 0.2) is 23.1 Å². The van der Waals surface area contributed by atoms with Gasteiger partial charge in [0, 0.05) is 18.4 Å². The van der Waals surface area contributed by atoms with Crippen molar-refractivity contribution in [2.45, 2.75) is 37.0 Å². The second-order valence-corrected chi connectivity index (χ2v) is 7.74. The lowest BCUT2D eigenvalue weighted by Gasteiger charge is -2.11. The van der Waals surface area contributed by atoms with Crippen LogP contribution in [0.5, 0.6) is 0 Å². The van der Waals surface area contributed by atoms with Gasteiger partial charge in [-0.25, -0.2) is 13.2 Å². The molecular formula is C15H19NO5S. The number of carbonyl (C=O) groups is 2. The maximum Gasteiger partial charge on any atom is 0.335 e. The molecule has 1 amide bonds. The summed E-state index contributed by atoms with van der Waals surface area (Å²) < 4.78 is 23.2. The van der Waals surface area contributed by atoms with Crippen LogP contribution in [-0.2, 0) is 14.6 Å². The Bertz CT molecular complexity index is 690. The van der Waals surface area contributed by atoms with E-state index in [1.807, 2.05) is 0 Å². The number of aromatic carboxylic acids is 1. The monoisotopic (exact) mass is 325 g/mol. The van der Waals surface area contributed by atoms with Crippen LogP contribution in [0.3, 0.4) is 0 Å². The third kappa shape index (κ3) is 4.30. The van der Waals surface area contributed by atoms with Crippen molar-refractivity contribution in [2.75, 3.05) is 11.6 Å². The summed E-state index contributed by atoms with van der Waals surface area (Å²) in [5.41, 5.74) is 0.0300. The number of amides is 1.